The molecule has 1 aliphatic rings. The molecule has 2 N–H and O–H groups in total. The molecule has 1 heterocycles. The van der Waals surface area contributed by atoms with Crippen molar-refractivity contribution in [1.29, 1.82) is 0 Å². The van der Waals surface area contributed by atoms with Gasteiger partial charge in [-0.05, 0) is 24.6 Å². The number of aliphatic carboxylic acids is 1. The first-order chi connectivity index (χ1) is 12.0. The van der Waals surface area contributed by atoms with E-state index < -0.39 is 55.0 Å². The number of carboxylic acid groups (broad SMARTS) is 1. The summed E-state index contributed by atoms with van der Waals surface area (Å²) in [6.07, 6.45) is -4.72. The predicted molar refractivity (Wildman–Crippen MR) is 82.1 cm³/mol. The van der Waals surface area contributed by atoms with Gasteiger partial charge in [-0.25, -0.2) is 9.18 Å². The average molecular weight is 378 g/mol. The van der Waals surface area contributed by atoms with Gasteiger partial charge in [-0.3, -0.25) is 4.79 Å². The van der Waals surface area contributed by atoms with E-state index in [1.165, 1.54) is 26.2 Å². The molecule has 0 spiro atoms. The van der Waals surface area contributed by atoms with Gasteiger partial charge in [-0.2, -0.15) is 13.2 Å². The first-order valence-electron chi connectivity index (χ1n) is 7.73. The number of amides is 2. The van der Waals surface area contributed by atoms with Crippen LogP contribution >= 0.6 is 0 Å². The smallest absolute Gasteiger partial charge is 0.394 e. The van der Waals surface area contributed by atoms with Gasteiger partial charge in [0.25, 0.3) is 0 Å². The Morgan fingerprint density at radius 1 is 1.35 bits per heavy atom. The number of carboxylic acids is 1. The molecule has 0 bridgehead atoms. The van der Waals surface area contributed by atoms with Crippen molar-refractivity contribution in [3.63, 3.8) is 0 Å². The van der Waals surface area contributed by atoms with Crippen LogP contribution in [-0.4, -0.2) is 48.4 Å². The Hall–Kier alpha value is -2.52. The number of ether oxygens (including phenoxy) is 1. The van der Waals surface area contributed by atoms with Gasteiger partial charge in [0.1, 0.15) is 0 Å². The summed E-state index contributed by atoms with van der Waals surface area (Å²) in [4.78, 5) is 24.1. The number of halogens is 4. The van der Waals surface area contributed by atoms with Crippen molar-refractivity contribution in [2.45, 2.75) is 19.1 Å². The lowest BCUT2D eigenvalue weighted by Gasteiger charge is -2.22. The summed E-state index contributed by atoms with van der Waals surface area (Å²) in [6, 6.07) is 2.48. The molecular weight excluding hydrogens is 360 g/mol. The van der Waals surface area contributed by atoms with Crippen LogP contribution in [-0.2, 0) is 4.79 Å². The molecular formula is C16H18F4N2O4. The van der Waals surface area contributed by atoms with Gasteiger partial charge in [0.15, 0.2) is 11.6 Å². The Kier molecular flexibility index (Phi) is 5.62. The molecule has 0 saturated carbocycles. The van der Waals surface area contributed by atoms with Gasteiger partial charge >= 0.3 is 18.2 Å². The number of benzene rings is 1. The molecule has 2 rings (SSSR count). The number of carbonyl (C=O) groups is 2. The predicted octanol–water partition coefficient (Wildman–Crippen LogP) is 2.80. The maximum absolute atomic E-state index is 13.7. The van der Waals surface area contributed by atoms with Crippen LogP contribution in [0.15, 0.2) is 18.2 Å². The van der Waals surface area contributed by atoms with E-state index in [4.69, 9.17) is 9.84 Å². The summed E-state index contributed by atoms with van der Waals surface area (Å²) in [7, 11) is 1.30. The third-order valence-corrected chi connectivity index (χ3v) is 4.36. The van der Waals surface area contributed by atoms with Crippen LogP contribution in [0.5, 0.6) is 5.75 Å². The van der Waals surface area contributed by atoms with Crippen LogP contribution in [0.1, 0.15) is 18.5 Å². The molecule has 26 heavy (non-hydrogen) atoms. The lowest BCUT2D eigenvalue weighted by Crippen LogP contribution is -2.40. The highest BCUT2D eigenvalue weighted by Gasteiger charge is 2.53. The van der Waals surface area contributed by atoms with Gasteiger partial charge < -0.3 is 20.1 Å². The van der Waals surface area contributed by atoms with Crippen LogP contribution < -0.4 is 10.1 Å². The largest absolute Gasteiger partial charge is 0.494 e. The van der Waals surface area contributed by atoms with E-state index in [2.05, 4.69) is 5.32 Å². The van der Waals surface area contributed by atoms with E-state index >= 15 is 0 Å². The Bertz CT molecular complexity index is 695. The monoisotopic (exact) mass is 378 g/mol. The van der Waals surface area contributed by atoms with E-state index in [1.54, 1.807) is 0 Å². The summed E-state index contributed by atoms with van der Waals surface area (Å²) in [5.74, 6) is -6.07. The van der Waals surface area contributed by atoms with E-state index in [0.717, 1.165) is 11.0 Å². The lowest BCUT2D eigenvalue weighted by atomic mass is 9.96. The zero-order valence-corrected chi connectivity index (χ0v) is 14.0. The molecule has 3 atom stereocenters. The topological polar surface area (TPSA) is 78.9 Å². The highest BCUT2D eigenvalue weighted by Crippen LogP contribution is 2.37. The third kappa shape index (κ3) is 4.17. The molecule has 10 heteroatoms. The minimum atomic E-state index is -4.72. The van der Waals surface area contributed by atoms with Crippen molar-refractivity contribution < 1.29 is 37.0 Å². The first kappa shape index (κ1) is 19.8. The Morgan fingerprint density at radius 3 is 2.46 bits per heavy atom. The highest BCUT2D eigenvalue weighted by molar-refractivity contribution is 5.78. The van der Waals surface area contributed by atoms with E-state index in [0.29, 0.717) is 5.56 Å². The van der Waals surface area contributed by atoms with Gasteiger partial charge in [0, 0.05) is 13.1 Å². The molecule has 0 aromatic heterocycles. The molecule has 1 fully saturated rings. The van der Waals surface area contributed by atoms with Crippen molar-refractivity contribution in [2.75, 3.05) is 20.2 Å². The summed E-state index contributed by atoms with van der Waals surface area (Å²) in [5, 5.41) is 11.4. The fourth-order valence-corrected chi connectivity index (χ4v) is 2.86. The number of nitrogens with one attached hydrogen (secondary N) is 1. The molecule has 1 unspecified atom stereocenters. The van der Waals surface area contributed by atoms with Gasteiger partial charge in [-0.1, -0.05) is 6.07 Å². The number of nitrogens with zero attached hydrogens (tertiary/aromatic N) is 1. The molecule has 0 radical (unpaired) electrons. The number of likely N-dealkylation sites (tertiary alicyclic amines) is 1. The summed E-state index contributed by atoms with van der Waals surface area (Å²) >= 11 is 0. The quantitative estimate of drug-likeness (QED) is 0.790. The fourth-order valence-electron chi connectivity index (χ4n) is 2.86. The second kappa shape index (κ2) is 7.38. The van der Waals surface area contributed by atoms with Crippen molar-refractivity contribution in [3.05, 3.63) is 29.6 Å². The molecule has 1 aromatic rings. The molecule has 144 valence electrons. The zero-order valence-electron chi connectivity index (χ0n) is 14.0. The maximum atomic E-state index is 13.7. The Labute approximate surface area is 146 Å². The summed E-state index contributed by atoms with van der Waals surface area (Å²) in [6.45, 7) is 0.246. The van der Waals surface area contributed by atoms with Gasteiger partial charge in [0.2, 0.25) is 0 Å². The fraction of sp³-hybridized carbons (Fsp3) is 0.500. The van der Waals surface area contributed by atoms with Crippen LogP contribution in [0.25, 0.3) is 0 Å². The SMILES string of the molecule is COc1ccc(C(C)NC(=O)N2C[C@@H](C(F)(F)F)[C@H](C(=O)O)C2)cc1F. The molecule has 1 aliphatic heterocycles. The van der Waals surface area contributed by atoms with Crippen molar-refractivity contribution in [2.24, 2.45) is 11.8 Å². The van der Waals surface area contributed by atoms with Crippen LogP contribution in [0.3, 0.4) is 0 Å². The van der Waals surface area contributed by atoms with E-state index in [-0.39, 0.29) is 5.75 Å². The molecule has 1 aromatic carbocycles. The van der Waals surface area contributed by atoms with Gasteiger partial charge in [0.05, 0.1) is 25.0 Å². The second-order valence-electron chi connectivity index (χ2n) is 6.06. The number of alkyl halides is 3. The van der Waals surface area contributed by atoms with Crippen molar-refractivity contribution in [1.82, 2.24) is 10.2 Å². The Morgan fingerprint density at radius 2 is 2.00 bits per heavy atom. The van der Waals surface area contributed by atoms with Crippen molar-refractivity contribution in [3.8, 4) is 5.75 Å². The third-order valence-electron chi connectivity index (χ3n) is 4.36. The number of carbonyl (C=O) groups excluding carboxylic acids is 1. The number of hydrogen-bond acceptors (Lipinski definition) is 3. The highest BCUT2D eigenvalue weighted by atomic mass is 19.4. The van der Waals surface area contributed by atoms with Gasteiger partial charge in [-0.15, -0.1) is 0 Å². The normalized spacial score (nSPS) is 21.4. The van der Waals surface area contributed by atoms with Crippen LogP contribution in [0.2, 0.25) is 0 Å². The number of hydrogen-bond donors (Lipinski definition) is 2. The minimum absolute atomic E-state index is 0.0177. The van der Waals surface area contributed by atoms with E-state index in [9.17, 15) is 27.2 Å². The summed E-state index contributed by atoms with van der Waals surface area (Å²) < 4.78 is 57.4. The van der Waals surface area contributed by atoms with Crippen molar-refractivity contribution >= 4 is 12.0 Å². The molecule has 0 aliphatic carbocycles. The number of methoxy groups -OCH3 is 1. The van der Waals surface area contributed by atoms with Crippen LogP contribution in [0.4, 0.5) is 22.4 Å². The lowest BCUT2D eigenvalue weighted by molar-refractivity contribution is -0.187. The Balaban J connectivity index is 2.07. The maximum Gasteiger partial charge on any atom is 0.394 e. The molecule has 6 nitrogen and oxygen atoms in total. The standard InChI is InChI=1S/C16H18F4N2O4/c1-8(9-3-4-13(26-2)12(17)5-9)21-15(25)22-6-10(14(23)24)11(7-22)16(18,19)20/h3-5,8,10-11H,6-7H2,1-2H3,(H,21,25)(H,23,24)/t8?,10-,11-/m1/s1. The van der Waals surface area contributed by atoms with Crippen LogP contribution in [0, 0.1) is 17.7 Å². The molecule has 2 amide bonds. The first-order valence-corrected chi connectivity index (χ1v) is 7.73. The minimum Gasteiger partial charge on any atom is -0.494 e. The summed E-state index contributed by atoms with van der Waals surface area (Å²) in [5.41, 5.74) is 0.387. The average Bonchev–Trinajstić information content (AvgIpc) is 3.00. The van der Waals surface area contributed by atoms with E-state index in [1.807, 2.05) is 0 Å². The number of rotatable bonds is 4. The second-order valence-corrected chi connectivity index (χ2v) is 6.06. The zero-order chi connectivity index (χ0) is 19.6. The molecule has 1 saturated heterocycles. The number of urea groups is 1.